The van der Waals surface area contributed by atoms with E-state index in [9.17, 15) is 13.2 Å². The molecule has 2 aliphatic rings. The van der Waals surface area contributed by atoms with Crippen molar-refractivity contribution < 1.29 is 17.9 Å². The molecule has 0 saturated heterocycles. The fourth-order valence-corrected chi connectivity index (χ4v) is 4.41. The van der Waals surface area contributed by atoms with Crippen molar-refractivity contribution in [3.63, 3.8) is 0 Å². The second kappa shape index (κ2) is 6.86. The minimum Gasteiger partial charge on any atom is -0.481 e. The van der Waals surface area contributed by atoms with Crippen molar-refractivity contribution in [3.8, 4) is 5.75 Å². The number of benzene rings is 1. The molecule has 1 amide bonds. The van der Waals surface area contributed by atoms with E-state index < -0.39 is 16.1 Å². The van der Waals surface area contributed by atoms with E-state index in [0.717, 1.165) is 18.6 Å². The first kappa shape index (κ1) is 18.0. The third-order valence-corrected chi connectivity index (χ3v) is 6.65. The molecule has 0 radical (unpaired) electrons. The number of ether oxygens (including phenoxy) is 1. The zero-order valence-corrected chi connectivity index (χ0v) is 15.8. The zero-order valence-electron chi connectivity index (χ0n) is 14.9. The molecule has 0 heterocycles. The Morgan fingerprint density at radius 1 is 1.24 bits per heavy atom. The van der Waals surface area contributed by atoms with Gasteiger partial charge in [0.2, 0.25) is 10.0 Å². The van der Waals surface area contributed by atoms with Gasteiger partial charge in [0.25, 0.3) is 5.91 Å². The fourth-order valence-electron chi connectivity index (χ4n) is 3.91. The Labute approximate surface area is 149 Å². The van der Waals surface area contributed by atoms with Gasteiger partial charge in [-0.3, -0.25) is 9.10 Å². The van der Waals surface area contributed by atoms with Gasteiger partial charge in [-0.25, -0.2) is 8.42 Å². The van der Waals surface area contributed by atoms with Gasteiger partial charge in [-0.15, -0.1) is 0 Å². The lowest BCUT2D eigenvalue weighted by atomic mass is 9.95. The van der Waals surface area contributed by atoms with E-state index in [1.165, 1.54) is 30.6 Å². The maximum Gasteiger partial charge on any atom is 0.261 e. The van der Waals surface area contributed by atoms with Crippen molar-refractivity contribution in [2.45, 2.75) is 44.8 Å². The van der Waals surface area contributed by atoms with Crippen LogP contribution < -0.4 is 14.4 Å². The summed E-state index contributed by atoms with van der Waals surface area (Å²) in [7, 11) is -1.80. The highest BCUT2D eigenvalue weighted by Gasteiger charge is 2.40. The molecule has 2 fully saturated rings. The largest absolute Gasteiger partial charge is 0.481 e. The maximum absolute atomic E-state index is 12.4. The lowest BCUT2D eigenvalue weighted by Gasteiger charge is -2.25. The van der Waals surface area contributed by atoms with E-state index in [-0.39, 0.29) is 5.91 Å². The molecule has 2 saturated carbocycles. The molecule has 25 heavy (non-hydrogen) atoms. The average Bonchev–Trinajstić information content (AvgIpc) is 3.16. The summed E-state index contributed by atoms with van der Waals surface area (Å²) in [5.41, 5.74) is 0.550. The Hall–Kier alpha value is -1.76. The third-order valence-electron chi connectivity index (χ3n) is 5.45. The number of carbonyl (C=O) groups excluding carboxylic acids is 1. The van der Waals surface area contributed by atoms with Crippen molar-refractivity contribution in [1.29, 1.82) is 0 Å². The first-order chi connectivity index (χ1) is 11.7. The fraction of sp³-hybridized carbons (Fsp3) is 0.611. The van der Waals surface area contributed by atoms with Crippen LogP contribution in [0.5, 0.6) is 5.75 Å². The molecule has 4 atom stereocenters. The number of hydrogen-bond donors (Lipinski definition) is 1. The highest BCUT2D eigenvalue weighted by Crippen LogP contribution is 2.44. The number of anilines is 1. The number of amides is 1. The monoisotopic (exact) mass is 366 g/mol. The highest BCUT2D eigenvalue weighted by molar-refractivity contribution is 7.92. The quantitative estimate of drug-likeness (QED) is 0.837. The molecule has 6 nitrogen and oxygen atoms in total. The van der Waals surface area contributed by atoms with E-state index in [2.05, 4.69) is 5.32 Å². The van der Waals surface area contributed by atoms with Gasteiger partial charge < -0.3 is 10.1 Å². The number of hydrogen-bond acceptors (Lipinski definition) is 4. The number of nitrogens with zero attached hydrogens (tertiary/aromatic N) is 1. The van der Waals surface area contributed by atoms with Crippen LogP contribution >= 0.6 is 0 Å². The van der Waals surface area contributed by atoms with Gasteiger partial charge in [0.15, 0.2) is 6.10 Å². The molecule has 7 heteroatoms. The summed E-state index contributed by atoms with van der Waals surface area (Å²) >= 11 is 0. The van der Waals surface area contributed by atoms with Crippen molar-refractivity contribution in [1.82, 2.24) is 5.32 Å². The first-order valence-electron chi connectivity index (χ1n) is 8.75. The van der Waals surface area contributed by atoms with Crippen LogP contribution in [0.1, 0.15) is 32.6 Å². The molecule has 1 aromatic rings. The number of nitrogens with one attached hydrogen (secondary N) is 1. The van der Waals surface area contributed by atoms with E-state index in [1.54, 1.807) is 31.2 Å². The maximum atomic E-state index is 12.4. The van der Waals surface area contributed by atoms with Crippen LogP contribution in [-0.4, -0.2) is 39.8 Å². The predicted molar refractivity (Wildman–Crippen MR) is 97.2 cm³/mol. The molecule has 0 spiro atoms. The summed E-state index contributed by atoms with van der Waals surface area (Å²) in [4.78, 5) is 12.4. The molecule has 0 aliphatic heterocycles. The predicted octanol–water partition coefficient (Wildman–Crippen LogP) is 2.15. The summed E-state index contributed by atoms with van der Waals surface area (Å²) in [5, 5.41) is 3.13. The van der Waals surface area contributed by atoms with Crippen molar-refractivity contribution in [3.05, 3.63) is 24.3 Å². The topological polar surface area (TPSA) is 75.7 Å². The van der Waals surface area contributed by atoms with Gasteiger partial charge in [0.1, 0.15) is 5.75 Å². The summed E-state index contributed by atoms with van der Waals surface area (Å²) in [6.45, 7) is 1.74. The molecule has 2 bridgehead atoms. The van der Waals surface area contributed by atoms with E-state index in [4.69, 9.17) is 4.74 Å². The van der Waals surface area contributed by atoms with Gasteiger partial charge in [0.05, 0.1) is 11.9 Å². The molecule has 138 valence electrons. The van der Waals surface area contributed by atoms with E-state index in [1.807, 2.05) is 0 Å². The van der Waals surface area contributed by atoms with Crippen LogP contribution in [0.25, 0.3) is 0 Å². The number of rotatable bonds is 6. The average molecular weight is 366 g/mol. The standard InChI is InChI=1S/C18H26N2O4S/c1-12(18(21)19-17-11-13-4-5-14(17)10-13)24-16-8-6-15(7-9-16)20(2)25(3,22)23/h6-9,12-14,17H,4-5,10-11H2,1-3H3,(H,19,21)/t12-,13-,14-,17-/m0/s1. The van der Waals surface area contributed by atoms with Gasteiger partial charge >= 0.3 is 0 Å². The van der Waals surface area contributed by atoms with Gasteiger partial charge in [-0.2, -0.15) is 0 Å². The zero-order chi connectivity index (χ0) is 18.2. The molecular weight excluding hydrogens is 340 g/mol. The lowest BCUT2D eigenvalue weighted by molar-refractivity contribution is -0.128. The molecule has 0 unspecified atom stereocenters. The van der Waals surface area contributed by atoms with Gasteiger partial charge in [-0.05, 0) is 62.3 Å². The molecule has 0 aromatic heterocycles. The number of fused-ring (bicyclic) bond motifs is 2. The van der Waals surface area contributed by atoms with Crippen LogP contribution in [-0.2, 0) is 14.8 Å². The molecular formula is C18H26N2O4S. The van der Waals surface area contributed by atoms with E-state index >= 15 is 0 Å². The molecule has 2 aliphatic carbocycles. The van der Waals surface area contributed by atoms with Crippen LogP contribution in [0.4, 0.5) is 5.69 Å². The third kappa shape index (κ3) is 4.08. The van der Waals surface area contributed by atoms with Crippen LogP contribution in [0, 0.1) is 11.8 Å². The van der Waals surface area contributed by atoms with Crippen molar-refractivity contribution in [2.75, 3.05) is 17.6 Å². The summed E-state index contributed by atoms with van der Waals surface area (Å²) in [6, 6.07) is 6.98. The minimum atomic E-state index is -3.29. The second-order valence-electron chi connectivity index (χ2n) is 7.27. The summed E-state index contributed by atoms with van der Waals surface area (Å²) < 4.78 is 30.0. The van der Waals surface area contributed by atoms with Gasteiger partial charge in [-0.1, -0.05) is 6.42 Å². The molecule has 3 rings (SSSR count). The second-order valence-corrected chi connectivity index (χ2v) is 9.29. The normalized spacial score (nSPS) is 26.3. The van der Waals surface area contributed by atoms with Gasteiger partial charge in [0, 0.05) is 13.1 Å². The van der Waals surface area contributed by atoms with E-state index in [0.29, 0.717) is 23.4 Å². The smallest absolute Gasteiger partial charge is 0.261 e. The van der Waals surface area contributed by atoms with Crippen LogP contribution in [0.2, 0.25) is 0 Å². The SMILES string of the molecule is C[C@H](Oc1ccc(N(C)S(C)(=O)=O)cc1)C(=O)N[C@H]1C[C@H]2CC[C@H]1C2. The summed E-state index contributed by atoms with van der Waals surface area (Å²) in [6.07, 6.45) is 5.43. The first-order valence-corrected chi connectivity index (χ1v) is 10.6. The molecule has 1 N–H and O–H groups in total. The Balaban J connectivity index is 1.55. The van der Waals surface area contributed by atoms with Crippen LogP contribution in [0.15, 0.2) is 24.3 Å². The van der Waals surface area contributed by atoms with Crippen molar-refractivity contribution >= 4 is 21.6 Å². The summed E-state index contributed by atoms with van der Waals surface area (Å²) in [5.74, 6) is 1.87. The van der Waals surface area contributed by atoms with Crippen LogP contribution in [0.3, 0.4) is 0 Å². The Morgan fingerprint density at radius 2 is 1.92 bits per heavy atom. The highest BCUT2D eigenvalue weighted by atomic mass is 32.2. The Bertz CT molecular complexity index is 732. The lowest BCUT2D eigenvalue weighted by Crippen LogP contribution is -2.44. The van der Waals surface area contributed by atoms with Crippen molar-refractivity contribution in [2.24, 2.45) is 11.8 Å². The number of carbonyl (C=O) groups is 1. The minimum absolute atomic E-state index is 0.0881. The Morgan fingerprint density at radius 3 is 2.44 bits per heavy atom. The number of sulfonamides is 1. The molecule has 1 aromatic carbocycles. The Kier molecular flexibility index (Phi) is 4.95.